The van der Waals surface area contributed by atoms with Gasteiger partial charge in [-0.1, -0.05) is 19.1 Å². The van der Waals surface area contributed by atoms with Crippen LogP contribution < -0.4 is 11.1 Å². The topological polar surface area (TPSA) is 92.5 Å². The number of nitrogens with one attached hydrogen (secondary N) is 1. The first kappa shape index (κ1) is 13.6. The summed E-state index contributed by atoms with van der Waals surface area (Å²) < 4.78 is 0. The zero-order valence-corrected chi connectivity index (χ0v) is 10.5. The first-order valence-electron chi connectivity index (χ1n) is 5.28. The molecule has 7 heteroatoms. The van der Waals surface area contributed by atoms with Crippen LogP contribution >= 0.6 is 12.2 Å². The monoisotopic (exact) mass is 257 g/mol. The summed E-state index contributed by atoms with van der Waals surface area (Å²) in [5, 5.41) is 2.50. The lowest BCUT2D eigenvalue weighted by Crippen LogP contribution is -2.45. The molecule has 1 rings (SSSR count). The minimum absolute atomic E-state index is 0.00512. The summed E-state index contributed by atoms with van der Waals surface area (Å²) >= 11 is 4.76. The average molecular weight is 257 g/mol. The zero-order chi connectivity index (χ0) is 13.2. The molecule has 1 heterocycles. The number of hydrogen-bond acceptors (Lipinski definition) is 4. The molecule has 0 saturated carbocycles. The van der Waals surface area contributed by atoms with Gasteiger partial charge in [-0.2, -0.15) is 0 Å². The van der Waals surface area contributed by atoms with E-state index in [4.69, 9.17) is 18.0 Å². The predicted octanol–water partition coefficient (Wildman–Crippen LogP) is -0.828. The van der Waals surface area contributed by atoms with Crippen molar-refractivity contribution in [3.05, 3.63) is 0 Å². The van der Waals surface area contributed by atoms with Gasteiger partial charge >= 0.3 is 0 Å². The first-order chi connectivity index (χ1) is 7.88. The van der Waals surface area contributed by atoms with E-state index in [1.807, 2.05) is 0 Å². The Labute approximate surface area is 105 Å². The van der Waals surface area contributed by atoms with Crippen molar-refractivity contribution in [2.24, 2.45) is 11.7 Å². The first-order valence-corrected chi connectivity index (χ1v) is 5.69. The van der Waals surface area contributed by atoms with Crippen LogP contribution in [0.3, 0.4) is 0 Å². The quantitative estimate of drug-likeness (QED) is 0.506. The molecule has 1 aliphatic rings. The van der Waals surface area contributed by atoms with Crippen molar-refractivity contribution in [1.29, 1.82) is 0 Å². The molecule has 3 amide bonds. The highest BCUT2D eigenvalue weighted by atomic mass is 32.1. The molecule has 0 aromatic heterocycles. The lowest BCUT2D eigenvalue weighted by Gasteiger charge is -2.16. The number of amides is 3. The molecule has 1 saturated heterocycles. The maximum absolute atomic E-state index is 11.8. The second-order valence-electron chi connectivity index (χ2n) is 3.92. The molecule has 0 aromatic carbocycles. The van der Waals surface area contributed by atoms with Crippen LogP contribution in [0.15, 0.2) is 0 Å². The summed E-state index contributed by atoms with van der Waals surface area (Å²) in [4.78, 5) is 35.7. The van der Waals surface area contributed by atoms with Gasteiger partial charge in [0.1, 0.15) is 6.04 Å². The number of carbonyl (C=O) groups is 3. The molecular formula is C10H15N3O3S. The van der Waals surface area contributed by atoms with Crippen molar-refractivity contribution in [2.75, 3.05) is 7.05 Å². The Hall–Kier alpha value is -1.50. The van der Waals surface area contributed by atoms with E-state index in [2.05, 4.69) is 5.32 Å². The standard InChI is InChI=1S/C10H15N3O3S/c1-3-5(8(11)17)9(15)12-6-4-7(14)13(2)10(6)16/h5-6H,3-4H2,1-2H3,(H2,11,17)(H,12,15). The number of likely N-dealkylation sites (N-methyl/N-ethyl adjacent to an activating group) is 1. The van der Waals surface area contributed by atoms with Crippen LogP contribution in [0.25, 0.3) is 0 Å². The number of rotatable bonds is 4. The summed E-state index contributed by atoms with van der Waals surface area (Å²) in [6.07, 6.45) is 0.459. The van der Waals surface area contributed by atoms with E-state index in [0.717, 1.165) is 4.90 Å². The van der Waals surface area contributed by atoms with Gasteiger partial charge in [0, 0.05) is 7.05 Å². The summed E-state index contributed by atoms with van der Waals surface area (Å²) in [5.41, 5.74) is 5.42. The average Bonchev–Trinajstić information content (AvgIpc) is 2.47. The molecule has 17 heavy (non-hydrogen) atoms. The van der Waals surface area contributed by atoms with Gasteiger partial charge in [-0.05, 0) is 6.42 Å². The molecule has 0 radical (unpaired) electrons. The summed E-state index contributed by atoms with van der Waals surface area (Å²) in [6.45, 7) is 1.77. The molecule has 1 aliphatic heterocycles. The van der Waals surface area contributed by atoms with Crippen LogP contribution in [0.2, 0.25) is 0 Å². The fourth-order valence-corrected chi connectivity index (χ4v) is 1.93. The number of thiocarbonyl (C=S) groups is 1. The Kier molecular flexibility index (Phi) is 4.17. The number of carbonyl (C=O) groups excluding carboxylic acids is 3. The van der Waals surface area contributed by atoms with Gasteiger partial charge < -0.3 is 11.1 Å². The van der Waals surface area contributed by atoms with Crippen molar-refractivity contribution < 1.29 is 14.4 Å². The van der Waals surface area contributed by atoms with Crippen LogP contribution in [-0.2, 0) is 14.4 Å². The normalized spacial score (nSPS) is 21.5. The van der Waals surface area contributed by atoms with Crippen molar-refractivity contribution in [3.63, 3.8) is 0 Å². The van der Waals surface area contributed by atoms with Crippen molar-refractivity contribution in [2.45, 2.75) is 25.8 Å². The Morgan fingerprint density at radius 2 is 2.24 bits per heavy atom. The number of likely N-dealkylation sites (tertiary alicyclic amines) is 1. The Bertz CT molecular complexity index is 383. The van der Waals surface area contributed by atoms with Gasteiger partial charge in [-0.3, -0.25) is 19.3 Å². The third-order valence-electron chi connectivity index (χ3n) is 2.77. The van der Waals surface area contributed by atoms with Gasteiger partial charge in [0.25, 0.3) is 5.91 Å². The highest BCUT2D eigenvalue weighted by Gasteiger charge is 2.37. The number of hydrogen-bond donors (Lipinski definition) is 2. The molecule has 0 bridgehead atoms. The summed E-state index contributed by atoms with van der Waals surface area (Å²) in [6, 6.07) is -0.789. The Morgan fingerprint density at radius 1 is 1.65 bits per heavy atom. The molecule has 0 aliphatic carbocycles. The SMILES string of the molecule is CCC(C(=O)NC1CC(=O)N(C)C1=O)C(N)=S. The van der Waals surface area contributed by atoms with E-state index in [1.54, 1.807) is 6.92 Å². The number of nitrogens with two attached hydrogens (primary N) is 1. The van der Waals surface area contributed by atoms with Crippen LogP contribution in [-0.4, -0.2) is 40.7 Å². The Balaban J connectivity index is 2.67. The molecule has 3 N–H and O–H groups in total. The molecule has 0 aromatic rings. The van der Waals surface area contributed by atoms with Crippen molar-refractivity contribution >= 4 is 34.9 Å². The van der Waals surface area contributed by atoms with Gasteiger partial charge in [-0.15, -0.1) is 0 Å². The third kappa shape index (κ3) is 2.79. The molecule has 94 valence electrons. The van der Waals surface area contributed by atoms with E-state index in [1.165, 1.54) is 7.05 Å². The van der Waals surface area contributed by atoms with Crippen LogP contribution in [0.1, 0.15) is 19.8 Å². The maximum Gasteiger partial charge on any atom is 0.252 e. The van der Waals surface area contributed by atoms with Gasteiger partial charge in [0.05, 0.1) is 17.3 Å². The molecule has 6 nitrogen and oxygen atoms in total. The molecule has 0 spiro atoms. The lowest BCUT2D eigenvalue weighted by molar-refractivity contribution is -0.138. The van der Waals surface area contributed by atoms with Gasteiger partial charge in [-0.25, -0.2) is 0 Å². The van der Waals surface area contributed by atoms with Crippen LogP contribution in [0.4, 0.5) is 0 Å². The van der Waals surface area contributed by atoms with Crippen LogP contribution in [0, 0.1) is 5.92 Å². The van der Waals surface area contributed by atoms with E-state index in [0.29, 0.717) is 6.42 Å². The molecule has 2 unspecified atom stereocenters. The van der Waals surface area contributed by atoms with Gasteiger partial charge in [0.15, 0.2) is 0 Å². The summed E-state index contributed by atoms with van der Waals surface area (Å²) in [7, 11) is 1.39. The zero-order valence-electron chi connectivity index (χ0n) is 9.73. The van der Waals surface area contributed by atoms with Crippen molar-refractivity contribution in [1.82, 2.24) is 10.2 Å². The predicted molar refractivity (Wildman–Crippen MR) is 64.9 cm³/mol. The van der Waals surface area contributed by atoms with E-state index in [9.17, 15) is 14.4 Å². The smallest absolute Gasteiger partial charge is 0.252 e. The molecule has 2 atom stereocenters. The number of imide groups is 1. The Morgan fingerprint density at radius 3 is 2.59 bits per heavy atom. The highest BCUT2D eigenvalue weighted by molar-refractivity contribution is 7.80. The number of nitrogens with zero attached hydrogens (tertiary/aromatic N) is 1. The van der Waals surface area contributed by atoms with E-state index >= 15 is 0 Å². The minimum Gasteiger partial charge on any atom is -0.393 e. The van der Waals surface area contributed by atoms with Gasteiger partial charge in [0.2, 0.25) is 11.8 Å². The maximum atomic E-state index is 11.8. The van der Waals surface area contributed by atoms with E-state index < -0.39 is 23.8 Å². The minimum atomic E-state index is -0.789. The fourth-order valence-electron chi connectivity index (χ4n) is 1.66. The second-order valence-corrected chi connectivity index (χ2v) is 4.39. The summed E-state index contributed by atoms with van der Waals surface area (Å²) in [5.74, 6) is -1.70. The molecule has 1 fully saturated rings. The third-order valence-corrected chi connectivity index (χ3v) is 3.05. The lowest BCUT2D eigenvalue weighted by atomic mass is 10.1. The van der Waals surface area contributed by atoms with E-state index in [-0.39, 0.29) is 17.3 Å². The van der Waals surface area contributed by atoms with Crippen LogP contribution in [0.5, 0.6) is 0 Å². The largest absolute Gasteiger partial charge is 0.393 e. The molecular weight excluding hydrogens is 242 g/mol. The van der Waals surface area contributed by atoms with Crippen molar-refractivity contribution in [3.8, 4) is 0 Å². The fraction of sp³-hybridized carbons (Fsp3) is 0.600. The second kappa shape index (κ2) is 5.22. The highest BCUT2D eigenvalue weighted by Crippen LogP contribution is 2.12.